The second kappa shape index (κ2) is 12.4. The van der Waals surface area contributed by atoms with Crippen LogP contribution in [0.25, 0.3) is 10.8 Å². The van der Waals surface area contributed by atoms with Gasteiger partial charge in [0, 0.05) is 13.0 Å². The van der Waals surface area contributed by atoms with Gasteiger partial charge in [-0.1, -0.05) is 72.8 Å². The molecule has 0 fully saturated rings. The van der Waals surface area contributed by atoms with E-state index in [9.17, 15) is 19.5 Å². The van der Waals surface area contributed by atoms with Gasteiger partial charge in [-0.2, -0.15) is 0 Å². The molecular formula is C26H28N2O6. The largest absolute Gasteiger partial charge is 0.467 e. The van der Waals surface area contributed by atoms with Crippen molar-refractivity contribution >= 4 is 28.7 Å². The molecule has 0 aliphatic carbocycles. The first-order chi connectivity index (χ1) is 16.4. The normalized spacial score (nSPS) is 12.4. The summed E-state index contributed by atoms with van der Waals surface area (Å²) in [4.78, 5) is 36.5. The molecule has 0 aliphatic heterocycles. The van der Waals surface area contributed by atoms with Crippen molar-refractivity contribution in [3.63, 3.8) is 0 Å². The summed E-state index contributed by atoms with van der Waals surface area (Å²) in [6.45, 7) is -0.0759. The Morgan fingerprint density at radius 3 is 2.35 bits per heavy atom. The average molecular weight is 465 g/mol. The number of benzene rings is 3. The summed E-state index contributed by atoms with van der Waals surface area (Å²) in [7, 11) is 1.25. The quantitative estimate of drug-likeness (QED) is 0.398. The molecule has 0 bridgehead atoms. The van der Waals surface area contributed by atoms with Crippen molar-refractivity contribution < 1.29 is 29.0 Å². The molecule has 3 aromatic rings. The van der Waals surface area contributed by atoms with E-state index in [1.54, 1.807) is 0 Å². The van der Waals surface area contributed by atoms with Gasteiger partial charge in [0.05, 0.1) is 19.6 Å². The third-order valence-electron chi connectivity index (χ3n) is 5.19. The average Bonchev–Trinajstić information content (AvgIpc) is 2.85. The zero-order chi connectivity index (χ0) is 24.3. The van der Waals surface area contributed by atoms with Crippen LogP contribution in [0.15, 0.2) is 72.8 Å². The maximum absolute atomic E-state index is 12.4. The lowest BCUT2D eigenvalue weighted by Gasteiger charge is -2.18. The Bertz CT molecular complexity index is 1120. The highest BCUT2D eigenvalue weighted by atomic mass is 16.5. The highest BCUT2D eigenvalue weighted by Gasteiger charge is 2.23. The second-order valence-corrected chi connectivity index (χ2v) is 7.83. The van der Waals surface area contributed by atoms with E-state index in [4.69, 9.17) is 9.47 Å². The summed E-state index contributed by atoms with van der Waals surface area (Å²) in [5.41, 5.74) is 1.69. The van der Waals surface area contributed by atoms with Crippen LogP contribution in [0, 0.1) is 0 Å². The van der Waals surface area contributed by atoms with Crippen molar-refractivity contribution in [3.05, 3.63) is 83.9 Å². The van der Waals surface area contributed by atoms with Crippen molar-refractivity contribution in [2.75, 3.05) is 13.7 Å². The summed E-state index contributed by atoms with van der Waals surface area (Å²) < 4.78 is 9.90. The first-order valence-corrected chi connectivity index (χ1v) is 10.9. The van der Waals surface area contributed by atoms with Crippen molar-refractivity contribution in [1.82, 2.24) is 10.6 Å². The lowest BCUT2D eigenvalue weighted by Crippen LogP contribution is -2.45. The molecule has 2 amide bonds. The number of aliphatic hydroxyl groups is 1. The van der Waals surface area contributed by atoms with Crippen LogP contribution in [-0.4, -0.2) is 48.9 Å². The van der Waals surface area contributed by atoms with Gasteiger partial charge in [0.2, 0.25) is 5.91 Å². The van der Waals surface area contributed by atoms with Gasteiger partial charge in [-0.05, 0) is 21.9 Å². The Hall–Kier alpha value is -3.91. The minimum Gasteiger partial charge on any atom is -0.467 e. The molecule has 3 rings (SSSR count). The number of ether oxygens (including phenoxy) is 2. The maximum atomic E-state index is 12.4. The molecule has 0 aromatic heterocycles. The van der Waals surface area contributed by atoms with Crippen molar-refractivity contribution in [2.24, 2.45) is 0 Å². The molecule has 0 saturated heterocycles. The van der Waals surface area contributed by atoms with E-state index >= 15 is 0 Å². The van der Waals surface area contributed by atoms with Crippen LogP contribution in [0.3, 0.4) is 0 Å². The second-order valence-electron chi connectivity index (χ2n) is 7.83. The Kier molecular flexibility index (Phi) is 8.99. The predicted octanol–water partition coefficient (Wildman–Crippen LogP) is 2.72. The first kappa shape index (κ1) is 24.7. The number of amides is 2. The van der Waals surface area contributed by atoms with E-state index in [1.807, 2.05) is 72.8 Å². The van der Waals surface area contributed by atoms with Gasteiger partial charge in [0.15, 0.2) is 0 Å². The summed E-state index contributed by atoms with van der Waals surface area (Å²) in [5, 5.41) is 17.3. The number of fused-ring (bicyclic) bond motifs is 1. The Morgan fingerprint density at radius 1 is 0.912 bits per heavy atom. The molecule has 3 aromatic carbocycles. The highest BCUT2D eigenvalue weighted by molar-refractivity contribution is 5.86. The van der Waals surface area contributed by atoms with Gasteiger partial charge in [-0.15, -0.1) is 0 Å². The fourth-order valence-electron chi connectivity index (χ4n) is 3.45. The Labute approximate surface area is 197 Å². The number of hydrogen-bond donors (Lipinski definition) is 3. The number of nitrogens with one attached hydrogen (secondary N) is 2. The number of carbonyl (C=O) groups excluding carboxylic acids is 3. The first-order valence-electron chi connectivity index (χ1n) is 10.9. The molecule has 0 radical (unpaired) electrons. The minimum absolute atomic E-state index is 0.0961. The lowest BCUT2D eigenvalue weighted by atomic mass is 10.0. The lowest BCUT2D eigenvalue weighted by molar-refractivity contribution is -0.145. The van der Waals surface area contributed by atoms with Crippen LogP contribution in [0.2, 0.25) is 0 Å². The van der Waals surface area contributed by atoms with Gasteiger partial charge in [-0.3, -0.25) is 4.79 Å². The molecule has 8 heteroatoms. The van der Waals surface area contributed by atoms with Crippen LogP contribution in [-0.2, 0) is 32.1 Å². The van der Waals surface area contributed by atoms with Gasteiger partial charge in [0.1, 0.15) is 12.6 Å². The van der Waals surface area contributed by atoms with E-state index < -0.39 is 30.1 Å². The van der Waals surface area contributed by atoms with E-state index in [1.165, 1.54) is 7.11 Å². The molecule has 0 heterocycles. The van der Waals surface area contributed by atoms with E-state index in [0.29, 0.717) is 0 Å². The molecule has 8 nitrogen and oxygen atoms in total. The van der Waals surface area contributed by atoms with Crippen LogP contribution in [0.5, 0.6) is 0 Å². The monoisotopic (exact) mass is 464 g/mol. The van der Waals surface area contributed by atoms with Crippen LogP contribution < -0.4 is 10.6 Å². The molecule has 0 unspecified atom stereocenters. The molecular weight excluding hydrogens is 436 g/mol. The van der Waals surface area contributed by atoms with Crippen molar-refractivity contribution in [1.29, 1.82) is 0 Å². The SMILES string of the molecule is COC(=O)[C@@H](Cc1ccc2ccccc2c1)NC(=O)C[C@@H](O)CNC(=O)OCc1ccccc1. The van der Waals surface area contributed by atoms with Crippen LogP contribution in [0.1, 0.15) is 17.5 Å². The Morgan fingerprint density at radius 2 is 1.62 bits per heavy atom. The molecule has 2 atom stereocenters. The van der Waals surface area contributed by atoms with E-state index in [-0.39, 0.29) is 26.0 Å². The van der Waals surface area contributed by atoms with E-state index in [2.05, 4.69) is 10.6 Å². The zero-order valence-electron chi connectivity index (χ0n) is 18.9. The van der Waals surface area contributed by atoms with Gasteiger partial charge < -0.3 is 25.2 Å². The van der Waals surface area contributed by atoms with Crippen LogP contribution >= 0.6 is 0 Å². The summed E-state index contributed by atoms with van der Waals surface area (Å²) in [6.07, 6.45) is -1.91. The topological polar surface area (TPSA) is 114 Å². The molecule has 0 saturated carbocycles. The number of carbonyl (C=O) groups is 3. The fourth-order valence-corrected chi connectivity index (χ4v) is 3.45. The molecule has 0 aliphatic rings. The third kappa shape index (κ3) is 7.60. The van der Waals surface area contributed by atoms with Crippen LogP contribution in [0.4, 0.5) is 4.79 Å². The van der Waals surface area contributed by atoms with Gasteiger partial charge in [0.25, 0.3) is 0 Å². The van der Waals surface area contributed by atoms with Crippen molar-refractivity contribution in [2.45, 2.75) is 31.6 Å². The maximum Gasteiger partial charge on any atom is 0.407 e. The zero-order valence-corrected chi connectivity index (χ0v) is 18.9. The smallest absolute Gasteiger partial charge is 0.407 e. The number of aliphatic hydroxyl groups excluding tert-OH is 1. The van der Waals surface area contributed by atoms with Gasteiger partial charge in [-0.25, -0.2) is 9.59 Å². The minimum atomic E-state index is -1.15. The van der Waals surface area contributed by atoms with Crippen molar-refractivity contribution in [3.8, 4) is 0 Å². The molecule has 34 heavy (non-hydrogen) atoms. The summed E-state index contributed by atoms with van der Waals surface area (Å²) in [6, 6.07) is 21.9. The number of hydrogen-bond acceptors (Lipinski definition) is 6. The number of rotatable bonds is 10. The molecule has 178 valence electrons. The predicted molar refractivity (Wildman–Crippen MR) is 127 cm³/mol. The Balaban J connectivity index is 1.47. The number of esters is 1. The fraction of sp³-hybridized carbons (Fsp3) is 0.269. The number of alkyl carbamates (subject to hydrolysis) is 1. The molecule has 3 N–H and O–H groups in total. The standard InChI is InChI=1S/C26H28N2O6/c1-33-25(31)23(14-19-11-12-20-9-5-6-10-21(20)13-19)28-24(30)15-22(29)16-27-26(32)34-17-18-7-3-2-4-8-18/h2-13,22-23,29H,14-17H2,1H3,(H,27,32)(H,28,30)/t22-,23-/m1/s1. The summed E-state index contributed by atoms with van der Waals surface area (Å²) in [5.74, 6) is -1.12. The highest BCUT2D eigenvalue weighted by Crippen LogP contribution is 2.17. The molecule has 0 spiro atoms. The third-order valence-corrected chi connectivity index (χ3v) is 5.19. The number of methoxy groups -OCH3 is 1. The summed E-state index contributed by atoms with van der Waals surface area (Å²) >= 11 is 0. The van der Waals surface area contributed by atoms with E-state index in [0.717, 1.165) is 21.9 Å². The van der Waals surface area contributed by atoms with Gasteiger partial charge >= 0.3 is 12.1 Å².